The Hall–Kier alpha value is -2.09. The highest BCUT2D eigenvalue weighted by Crippen LogP contribution is 2.21. The van der Waals surface area contributed by atoms with Crippen LogP contribution in [0.4, 0.5) is 11.4 Å². The summed E-state index contributed by atoms with van der Waals surface area (Å²) < 4.78 is 25.4. The Morgan fingerprint density at radius 3 is 2.15 bits per heavy atom. The van der Waals surface area contributed by atoms with Crippen molar-refractivity contribution >= 4 is 33.2 Å². The fourth-order valence-corrected chi connectivity index (χ4v) is 4.00. The van der Waals surface area contributed by atoms with Crippen LogP contribution in [0.5, 0.6) is 0 Å². The van der Waals surface area contributed by atoms with Crippen LogP contribution in [0.15, 0.2) is 24.3 Å². The van der Waals surface area contributed by atoms with Crippen molar-refractivity contribution in [2.24, 2.45) is 0 Å². The van der Waals surface area contributed by atoms with Gasteiger partial charge in [-0.25, -0.2) is 8.42 Å². The van der Waals surface area contributed by atoms with Gasteiger partial charge < -0.3 is 10.6 Å². The van der Waals surface area contributed by atoms with Gasteiger partial charge in [0.2, 0.25) is 21.8 Å². The highest BCUT2D eigenvalue weighted by Gasteiger charge is 2.22. The summed E-state index contributed by atoms with van der Waals surface area (Å²) in [7, 11) is -3.61. The average molecular weight is 381 g/mol. The fraction of sp³-hybridized carbons (Fsp3) is 0.556. The van der Waals surface area contributed by atoms with Crippen molar-refractivity contribution in [1.82, 2.24) is 5.32 Å². The van der Waals surface area contributed by atoms with Gasteiger partial charge in [0.25, 0.3) is 0 Å². The summed E-state index contributed by atoms with van der Waals surface area (Å²) >= 11 is 0. The number of carbonyl (C=O) groups excluding carboxylic acids is 2. The lowest BCUT2D eigenvalue weighted by Crippen LogP contribution is -2.44. The average Bonchev–Trinajstić information content (AvgIpc) is 2.80. The Balaban J connectivity index is 2.07. The molecule has 2 N–H and O–H groups in total. The number of nitrogens with one attached hydrogen (secondary N) is 2. The van der Waals surface area contributed by atoms with Crippen molar-refractivity contribution in [2.45, 2.75) is 51.5 Å². The molecule has 1 fully saturated rings. The van der Waals surface area contributed by atoms with Crippen LogP contribution in [-0.4, -0.2) is 39.1 Å². The maximum absolute atomic E-state index is 12.4. The molecule has 0 aromatic heterocycles. The van der Waals surface area contributed by atoms with E-state index in [0.29, 0.717) is 11.4 Å². The maximum Gasteiger partial charge on any atom is 0.240 e. The van der Waals surface area contributed by atoms with Crippen LogP contribution in [0, 0.1) is 0 Å². The maximum atomic E-state index is 12.4. The highest BCUT2D eigenvalue weighted by atomic mass is 32.2. The minimum Gasteiger partial charge on any atom is -0.352 e. The number of benzene rings is 1. The molecule has 0 unspecified atom stereocenters. The molecule has 1 saturated carbocycles. The van der Waals surface area contributed by atoms with Gasteiger partial charge in [0.1, 0.15) is 6.54 Å². The van der Waals surface area contributed by atoms with E-state index in [2.05, 4.69) is 10.6 Å². The molecule has 1 aliphatic carbocycles. The predicted octanol–water partition coefficient (Wildman–Crippen LogP) is 2.25. The van der Waals surface area contributed by atoms with Gasteiger partial charge in [-0.2, -0.15) is 0 Å². The summed E-state index contributed by atoms with van der Waals surface area (Å²) in [5.74, 6) is -0.506. The van der Waals surface area contributed by atoms with Gasteiger partial charge in [0.05, 0.1) is 11.9 Å². The highest BCUT2D eigenvalue weighted by molar-refractivity contribution is 7.92. The molecule has 0 aliphatic heterocycles. The summed E-state index contributed by atoms with van der Waals surface area (Å²) in [5.41, 5.74) is 0.954. The molecule has 26 heavy (non-hydrogen) atoms. The summed E-state index contributed by atoms with van der Waals surface area (Å²) in [5, 5.41) is 5.59. The Morgan fingerprint density at radius 1 is 1.08 bits per heavy atom. The normalized spacial score (nSPS) is 15.8. The zero-order valence-electron chi connectivity index (χ0n) is 15.3. The second kappa shape index (κ2) is 9.02. The molecule has 0 bridgehead atoms. The van der Waals surface area contributed by atoms with E-state index in [1.54, 1.807) is 24.3 Å². The van der Waals surface area contributed by atoms with E-state index in [0.717, 1.165) is 36.2 Å². The van der Waals surface area contributed by atoms with Gasteiger partial charge in [-0.05, 0) is 37.1 Å². The van der Waals surface area contributed by atoms with Crippen molar-refractivity contribution in [3.8, 4) is 0 Å². The fourth-order valence-electron chi connectivity index (χ4n) is 3.14. The third-order valence-corrected chi connectivity index (χ3v) is 5.52. The van der Waals surface area contributed by atoms with E-state index < -0.39 is 10.0 Å². The van der Waals surface area contributed by atoms with E-state index in [9.17, 15) is 18.0 Å². The number of hydrogen-bond acceptors (Lipinski definition) is 4. The van der Waals surface area contributed by atoms with Crippen LogP contribution in [0.1, 0.15) is 45.4 Å². The molecule has 7 nitrogen and oxygen atoms in total. The molecular weight excluding hydrogens is 354 g/mol. The first-order chi connectivity index (χ1) is 12.3. The Bertz CT molecular complexity index is 723. The lowest BCUT2D eigenvalue weighted by atomic mass is 10.1. The molecular formula is C18H27N3O4S. The van der Waals surface area contributed by atoms with Crippen molar-refractivity contribution in [2.75, 3.05) is 22.4 Å². The van der Waals surface area contributed by atoms with Crippen molar-refractivity contribution in [3.63, 3.8) is 0 Å². The SMILES string of the molecule is CC(=O)Nc1ccc(N(CC(=O)NC2CCCCCC2)S(C)(=O)=O)cc1. The molecule has 144 valence electrons. The lowest BCUT2D eigenvalue weighted by molar-refractivity contribution is -0.120. The monoisotopic (exact) mass is 381 g/mol. The molecule has 1 aromatic rings. The number of sulfonamides is 1. The number of hydrogen-bond donors (Lipinski definition) is 2. The van der Waals surface area contributed by atoms with Crippen LogP contribution < -0.4 is 14.9 Å². The summed E-state index contributed by atoms with van der Waals surface area (Å²) in [4.78, 5) is 23.5. The van der Waals surface area contributed by atoms with Gasteiger partial charge in [-0.1, -0.05) is 25.7 Å². The van der Waals surface area contributed by atoms with E-state index in [1.165, 1.54) is 19.8 Å². The third kappa shape index (κ3) is 6.33. The van der Waals surface area contributed by atoms with Gasteiger partial charge in [-0.15, -0.1) is 0 Å². The lowest BCUT2D eigenvalue weighted by Gasteiger charge is -2.24. The van der Waals surface area contributed by atoms with Gasteiger partial charge in [0, 0.05) is 18.7 Å². The standard InChI is InChI=1S/C18H27N3O4S/c1-14(22)19-16-9-11-17(12-10-16)21(26(2,24)25)13-18(23)20-15-7-5-3-4-6-8-15/h9-12,15H,3-8,13H2,1-2H3,(H,19,22)(H,20,23). The zero-order valence-corrected chi connectivity index (χ0v) is 16.1. The summed E-state index contributed by atoms with van der Waals surface area (Å²) in [6, 6.07) is 6.49. The summed E-state index contributed by atoms with van der Waals surface area (Å²) in [6.07, 6.45) is 7.50. The first-order valence-corrected chi connectivity index (χ1v) is 10.8. The first-order valence-electron chi connectivity index (χ1n) is 8.90. The molecule has 0 saturated heterocycles. The minimum absolute atomic E-state index is 0.119. The second-order valence-corrected chi connectivity index (χ2v) is 8.66. The molecule has 0 spiro atoms. The van der Waals surface area contributed by atoms with E-state index in [4.69, 9.17) is 0 Å². The molecule has 0 heterocycles. The molecule has 1 aromatic carbocycles. The number of anilines is 2. The Labute approximate surface area is 155 Å². The largest absolute Gasteiger partial charge is 0.352 e. The Morgan fingerprint density at radius 2 is 1.65 bits per heavy atom. The zero-order chi connectivity index (χ0) is 19.2. The van der Waals surface area contributed by atoms with Crippen LogP contribution in [0.25, 0.3) is 0 Å². The number of rotatable bonds is 6. The number of nitrogens with zero attached hydrogens (tertiary/aromatic N) is 1. The molecule has 0 radical (unpaired) electrons. The topological polar surface area (TPSA) is 95.6 Å². The quantitative estimate of drug-likeness (QED) is 0.739. The van der Waals surface area contributed by atoms with Gasteiger partial charge >= 0.3 is 0 Å². The van der Waals surface area contributed by atoms with Gasteiger partial charge in [0.15, 0.2) is 0 Å². The van der Waals surface area contributed by atoms with Crippen molar-refractivity contribution in [3.05, 3.63) is 24.3 Å². The van der Waals surface area contributed by atoms with Crippen LogP contribution in [0.2, 0.25) is 0 Å². The van der Waals surface area contributed by atoms with E-state index in [1.807, 2.05) is 0 Å². The minimum atomic E-state index is -3.61. The summed E-state index contributed by atoms with van der Waals surface area (Å²) in [6.45, 7) is 1.14. The third-order valence-electron chi connectivity index (χ3n) is 4.38. The van der Waals surface area contributed by atoms with Crippen molar-refractivity contribution in [1.29, 1.82) is 0 Å². The predicted molar refractivity (Wildman–Crippen MR) is 103 cm³/mol. The van der Waals surface area contributed by atoms with Crippen molar-refractivity contribution < 1.29 is 18.0 Å². The van der Waals surface area contributed by atoms with Crippen LogP contribution >= 0.6 is 0 Å². The smallest absolute Gasteiger partial charge is 0.240 e. The van der Waals surface area contributed by atoms with Gasteiger partial charge in [-0.3, -0.25) is 13.9 Å². The number of amides is 2. The molecule has 0 atom stereocenters. The second-order valence-electron chi connectivity index (χ2n) is 6.75. The molecule has 8 heteroatoms. The van der Waals surface area contributed by atoms with Crippen LogP contribution in [-0.2, 0) is 19.6 Å². The Kier molecular flexibility index (Phi) is 7.02. The molecule has 2 amide bonds. The van der Waals surface area contributed by atoms with Crippen LogP contribution in [0.3, 0.4) is 0 Å². The van der Waals surface area contributed by atoms with E-state index >= 15 is 0 Å². The molecule has 2 rings (SSSR count). The molecule has 1 aliphatic rings. The number of carbonyl (C=O) groups is 2. The van der Waals surface area contributed by atoms with E-state index in [-0.39, 0.29) is 24.4 Å². The first kappa shape index (κ1) is 20.2.